The van der Waals surface area contributed by atoms with Gasteiger partial charge in [0.15, 0.2) is 6.29 Å². The molecule has 0 atom stereocenters. The van der Waals surface area contributed by atoms with E-state index < -0.39 is 0 Å². The first kappa shape index (κ1) is 13.7. The lowest BCUT2D eigenvalue weighted by atomic mass is 10.0. The third-order valence-electron chi connectivity index (χ3n) is 2.82. The number of hydrogen-bond donors (Lipinski definition) is 0. The molecule has 1 aromatic carbocycles. The van der Waals surface area contributed by atoms with Crippen molar-refractivity contribution < 1.29 is 9.59 Å². The maximum Gasteiger partial charge on any atom is 0.254 e. The van der Waals surface area contributed by atoms with Crippen LogP contribution in [-0.2, 0) is 0 Å². The van der Waals surface area contributed by atoms with Gasteiger partial charge in [-0.3, -0.25) is 9.59 Å². The number of aldehydes is 1. The molecule has 3 nitrogen and oxygen atoms in total. The van der Waals surface area contributed by atoms with Gasteiger partial charge in [-0.25, -0.2) is 0 Å². The van der Waals surface area contributed by atoms with E-state index in [9.17, 15) is 9.59 Å². The largest absolute Gasteiger partial charge is 0.339 e. The number of amides is 1. The Morgan fingerprint density at radius 3 is 2.41 bits per heavy atom. The minimum atomic E-state index is -0.142. The van der Waals surface area contributed by atoms with Crippen LogP contribution in [0.2, 0.25) is 5.02 Å². The van der Waals surface area contributed by atoms with Crippen molar-refractivity contribution in [1.82, 2.24) is 4.90 Å². The van der Waals surface area contributed by atoms with Gasteiger partial charge in [0.1, 0.15) is 0 Å². The van der Waals surface area contributed by atoms with Gasteiger partial charge in [-0.15, -0.1) is 0 Å². The summed E-state index contributed by atoms with van der Waals surface area (Å²) in [5.74, 6) is -0.142. The van der Waals surface area contributed by atoms with E-state index in [4.69, 9.17) is 11.6 Å². The second-order valence-corrected chi connectivity index (χ2v) is 4.14. The molecule has 0 spiro atoms. The molecule has 1 amide bonds. The van der Waals surface area contributed by atoms with E-state index in [-0.39, 0.29) is 5.91 Å². The Labute approximate surface area is 106 Å². The van der Waals surface area contributed by atoms with Crippen molar-refractivity contribution in [1.29, 1.82) is 0 Å². The molecule has 1 aromatic rings. The van der Waals surface area contributed by atoms with Crippen molar-refractivity contribution in [3.8, 4) is 0 Å². The highest BCUT2D eigenvalue weighted by atomic mass is 35.5. The van der Waals surface area contributed by atoms with Gasteiger partial charge in [-0.2, -0.15) is 0 Å². The fraction of sp³-hybridized carbons (Fsp3) is 0.385. The van der Waals surface area contributed by atoms with Crippen LogP contribution in [0.3, 0.4) is 0 Å². The van der Waals surface area contributed by atoms with E-state index in [1.165, 1.54) is 0 Å². The highest BCUT2D eigenvalue weighted by Crippen LogP contribution is 2.23. The van der Waals surface area contributed by atoms with Gasteiger partial charge in [-0.1, -0.05) is 11.6 Å². The highest BCUT2D eigenvalue weighted by Gasteiger charge is 2.20. The molecule has 0 aliphatic carbocycles. The lowest BCUT2D eigenvalue weighted by molar-refractivity contribution is 0.0769. The summed E-state index contributed by atoms with van der Waals surface area (Å²) < 4.78 is 0. The number of halogens is 1. The zero-order valence-corrected chi connectivity index (χ0v) is 11.0. The topological polar surface area (TPSA) is 37.4 Å². The fourth-order valence-electron chi connectivity index (χ4n) is 1.76. The molecule has 0 saturated carbocycles. The highest BCUT2D eigenvalue weighted by molar-refractivity contribution is 6.32. The first-order chi connectivity index (χ1) is 8.06. The number of nitrogens with zero attached hydrogens (tertiary/aromatic N) is 1. The molecule has 92 valence electrons. The van der Waals surface area contributed by atoms with Crippen LogP contribution in [0.15, 0.2) is 12.1 Å². The standard InChI is InChI=1S/C13H16ClNO2/c1-4-15(5-2)13(17)12-9(3)11(14)7-6-10(12)8-16/h6-8H,4-5H2,1-3H3. The summed E-state index contributed by atoms with van der Waals surface area (Å²) in [4.78, 5) is 24.9. The Morgan fingerprint density at radius 2 is 1.94 bits per heavy atom. The van der Waals surface area contributed by atoms with Crippen LogP contribution in [0.1, 0.15) is 40.1 Å². The van der Waals surface area contributed by atoms with Crippen LogP contribution in [-0.4, -0.2) is 30.2 Å². The maximum atomic E-state index is 12.3. The predicted molar refractivity (Wildman–Crippen MR) is 68.8 cm³/mol. The Bertz CT molecular complexity index is 439. The van der Waals surface area contributed by atoms with E-state index in [0.29, 0.717) is 41.1 Å². The second kappa shape index (κ2) is 5.82. The molecular weight excluding hydrogens is 238 g/mol. The summed E-state index contributed by atoms with van der Waals surface area (Å²) in [6.07, 6.45) is 0.695. The summed E-state index contributed by atoms with van der Waals surface area (Å²) in [6.45, 7) is 6.79. The molecule has 0 heterocycles. The summed E-state index contributed by atoms with van der Waals surface area (Å²) in [7, 11) is 0. The van der Waals surface area contributed by atoms with Crippen LogP contribution in [0.4, 0.5) is 0 Å². The first-order valence-electron chi connectivity index (χ1n) is 5.60. The van der Waals surface area contributed by atoms with Gasteiger partial charge < -0.3 is 4.90 Å². The van der Waals surface area contributed by atoms with Crippen molar-refractivity contribution in [3.63, 3.8) is 0 Å². The Balaban J connectivity index is 3.33. The van der Waals surface area contributed by atoms with E-state index in [2.05, 4.69) is 0 Å². The molecule has 0 fully saturated rings. The van der Waals surface area contributed by atoms with Crippen LogP contribution < -0.4 is 0 Å². The molecule has 0 unspecified atom stereocenters. The van der Waals surface area contributed by atoms with Crippen molar-refractivity contribution in [3.05, 3.63) is 33.8 Å². The van der Waals surface area contributed by atoms with Crippen LogP contribution in [0.5, 0.6) is 0 Å². The van der Waals surface area contributed by atoms with Crippen LogP contribution in [0.25, 0.3) is 0 Å². The number of carbonyl (C=O) groups is 2. The lowest BCUT2D eigenvalue weighted by Gasteiger charge is -2.21. The minimum Gasteiger partial charge on any atom is -0.339 e. The summed E-state index contributed by atoms with van der Waals surface area (Å²) >= 11 is 5.99. The number of hydrogen-bond acceptors (Lipinski definition) is 2. The van der Waals surface area contributed by atoms with Crippen molar-refractivity contribution in [2.45, 2.75) is 20.8 Å². The molecule has 0 bridgehead atoms. The van der Waals surface area contributed by atoms with Crippen LogP contribution in [0, 0.1) is 6.92 Å². The molecule has 4 heteroatoms. The van der Waals surface area contributed by atoms with Gasteiger partial charge in [0.05, 0.1) is 5.56 Å². The van der Waals surface area contributed by atoms with Crippen LogP contribution >= 0.6 is 11.6 Å². The zero-order valence-electron chi connectivity index (χ0n) is 10.3. The van der Waals surface area contributed by atoms with Gasteiger partial charge in [-0.05, 0) is 38.5 Å². The summed E-state index contributed by atoms with van der Waals surface area (Å²) in [6, 6.07) is 3.22. The fourth-order valence-corrected chi connectivity index (χ4v) is 1.92. The SMILES string of the molecule is CCN(CC)C(=O)c1c(C=O)ccc(Cl)c1C. The molecule has 1 rings (SSSR count). The predicted octanol–water partition coefficient (Wildman–Crippen LogP) is 2.94. The Hall–Kier alpha value is -1.35. The lowest BCUT2D eigenvalue weighted by Crippen LogP contribution is -2.31. The molecule has 0 aliphatic heterocycles. The molecule has 0 radical (unpaired) electrons. The minimum absolute atomic E-state index is 0.142. The van der Waals surface area contributed by atoms with Gasteiger partial charge in [0, 0.05) is 23.7 Å². The average Bonchev–Trinajstić information content (AvgIpc) is 2.33. The third kappa shape index (κ3) is 2.67. The van der Waals surface area contributed by atoms with Gasteiger partial charge in [0.25, 0.3) is 5.91 Å². The number of carbonyl (C=O) groups excluding carboxylic acids is 2. The van der Waals surface area contributed by atoms with Crippen molar-refractivity contribution in [2.75, 3.05) is 13.1 Å². The third-order valence-corrected chi connectivity index (χ3v) is 3.23. The van der Waals surface area contributed by atoms with Gasteiger partial charge >= 0.3 is 0 Å². The smallest absolute Gasteiger partial charge is 0.254 e. The monoisotopic (exact) mass is 253 g/mol. The van der Waals surface area contributed by atoms with E-state index in [1.54, 1.807) is 24.0 Å². The molecule has 0 aromatic heterocycles. The number of rotatable bonds is 4. The molecule has 17 heavy (non-hydrogen) atoms. The Morgan fingerprint density at radius 1 is 1.35 bits per heavy atom. The van der Waals surface area contributed by atoms with Gasteiger partial charge in [0.2, 0.25) is 0 Å². The molecule has 0 saturated heterocycles. The maximum absolute atomic E-state index is 12.3. The Kier molecular flexibility index (Phi) is 4.70. The average molecular weight is 254 g/mol. The van der Waals surface area contributed by atoms with E-state index in [0.717, 1.165) is 0 Å². The molecular formula is C13H16ClNO2. The zero-order chi connectivity index (χ0) is 13.0. The molecule has 0 N–H and O–H groups in total. The summed E-state index contributed by atoms with van der Waals surface area (Å²) in [5, 5.41) is 0.506. The summed E-state index contributed by atoms with van der Waals surface area (Å²) in [5.41, 5.74) is 1.47. The second-order valence-electron chi connectivity index (χ2n) is 3.73. The molecule has 0 aliphatic rings. The first-order valence-corrected chi connectivity index (χ1v) is 5.98. The van der Waals surface area contributed by atoms with Crippen molar-refractivity contribution >= 4 is 23.8 Å². The quantitative estimate of drug-likeness (QED) is 0.774. The van der Waals surface area contributed by atoms with E-state index >= 15 is 0 Å². The number of benzene rings is 1. The van der Waals surface area contributed by atoms with Crippen molar-refractivity contribution in [2.24, 2.45) is 0 Å². The normalized spacial score (nSPS) is 10.1. The van der Waals surface area contributed by atoms with E-state index in [1.807, 2.05) is 13.8 Å².